The fraction of sp³-hybridized carbons (Fsp3) is 1.00. The van der Waals surface area contributed by atoms with Gasteiger partial charge in [-0.15, -0.1) is 0 Å². The predicted octanol–water partition coefficient (Wildman–Crippen LogP) is 1.28. The van der Waals surface area contributed by atoms with E-state index >= 15 is 0 Å². The summed E-state index contributed by atoms with van der Waals surface area (Å²) in [6.45, 7) is 6.82. The topological polar surface area (TPSA) is 32.5 Å². The van der Waals surface area contributed by atoms with Gasteiger partial charge in [0.15, 0.2) is 0 Å². The largest absolute Gasteiger partial charge is 0.329 e. The molecular formula is C13H27N3. The van der Waals surface area contributed by atoms with Crippen LogP contribution in [-0.2, 0) is 0 Å². The van der Waals surface area contributed by atoms with Crippen LogP contribution in [0.5, 0.6) is 0 Å². The summed E-state index contributed by atoms with van der Waals surface area (Å²) >= 11 is 0. The lowest BCUT2D eigenvalue weighted by Crippen LogP contribution is -2.63. The van der Waals surface area contributed by atoms with Gasteiger partial charge in [-0.25, -0.2) is 0 Å². The summed E-state index contributed by atoms with van der Waals surface area (Å²) in [5.74, 6) is 0. The van der Waals surface area contributed by atoms with Crippen LogP contribution in [0.1, 0.15) is 39.0 Å². The van der Waals surface area contributed by atoms with Crippen LogP contribution in [0.4, 0.5) is 0 Å². The van der Waals surface area contributed by atoms with E-state index in [1.807, 2.05) is 0 Å². The number of nitrogens with two attached hydrogens (primary N) is 1. The lowest BCUT2D eigenvalue weighted by molar-refractivity contribution is 0.0157. The molecular weight excluding hydrogens is 198 g/mol. The molecule has 2 aliphatic rings. The van der Waals surface area contributed by atoms with Crippen LogP contribution in [0, 0.1) is 0 Å². The molecule has 2 aliphatic heterocycles. The molecule has 0 spiro atoms. The highest BCUT2D eigenvalue weighted by atomic mass is 15.3. The molecule has 3 nitrogen and oxygen atoms in total. The predicted molar refractivity (Wildman–Crippen MR) is 68.5 cm³/mol. The van der Waals surface area contributed by atoms with Gasteiger partial charge in [0.1, 0.15) is 0 Å². The Morgan fingerprint density at radius 3 is 2.75 bits per heavy atom. The van der Waals surface area contributed by atoms with Gasteiger partial charge in [0.05, 0.1) is 0 Å². The standard InChI is InChI=1S/C13H27N3/c1-3-12-6-4-9-16(12)13(10-14)7-5-8-15(2)11-13/h12H,3-11,14H2,1-2H3. The van der Waals surface area contributed by atoms with E-state index in [2.05, 4.69) is 23.8 Å². The van der Waals surface area contributed by atoms with Crippen molar-refractivity contribution < 1.29 is 0 Å². The van der Waals surface area contributed by atoms with Gasteiger partial charge in [-0.1, -0.05) is 6.92 Å². The maximum Gasteiger partial charge on any atom is 0.0461 e. The highest BCUT2D eigenvalue weighted by Gasteiger charge is 2.43. The van der Waals surface area contributed by atoms with Gasteiger partial charge in [-0.2, -0.15) is 0 Å². The number of likely N-dealkylation sites (tertiary alicyclic amines) is 2. The smallest absolute Gasteiger partial charge is 0.0461 e. The van der Waals surface area contributed by atoms with Gasteiger partial charge in [0.25, 0.3) is 0 Å². The van der Waals surface area contributed by atoms with Crippen LogP contribution in [0.15, 0.2) is 0 Å². The van der Waals surface area contributed by atoms with E-state index in [0.717, 1.165) is 12.6 Å². The fourth-order valence-electron chi connectivity index (χ4n) is 3.74. The van der Waals surface area contributed by atoms with Crippen molar-refractivity contribution in [2.24, 2.45) is 5.73 Å². The summed E-state index contributed by atoms with van der Waals surface area (Å²) in [6, 6.07) is 0.787. The second-order valence-electron chi connectivity index (χ2n) is 5.67. The first-order chi connectivity index (χ1) is 7.72. The highest BCUT2D eigenvalue weighted by Crippen LogP contribution is 2.34. The van der Waals surface area contributed by atoms with E-state index in [9.17, 15) is 0 Å². The highest BCUT2D eigenvalue weighted by molar-refractivity contribution is 5.01. The lowest BCUT2D eigenvalue weighted by Gasteiger charge is -2.49. The zero-order chi connectivity index (χ0) is 11.6. The van der Waals surface area contributed by atoms with Crippen molar-refractivity contribution >= 4 is 0 Å². The van der Waals surface area contributed by atoms with Crippen molar-refractivity contribution in [2.45, 2.75) is 50.6 Å². The van der Waals surface area contributed by atoms with Crippen molar-refractivity contribution in [3.05, 3.63) is 0 Å². The molecule has 0 bridgehead atoms. The van der Waals surface area contributed by atoms with E-state index in [1.54, 1.807) is 0 Å². The van der Waals surface area contributed by atoms with E-state index in [-0.39, 0.29) is 5.54 Å². The van der Waals surface area contributed by atoms with Crippen molar-refractivity contribution in [3.63, 3.8) is 0 Å². The van der Waals surface area contributed by atoms with Crippen LogP contribution in [0.25, 0.3) is 0 Å². The molecule has 0 aromatic rings. The summed E-state index contributed by atoms with van der Waals surface area (Å²) in [6.07, 6.45) is 6.63. The number of piperidine rings is 1. The van der Waals surface area contributed by atoms with E-state index in [0.29, 0.717) is 0 Å². The van der Waals surface area contributed by atoms with Gasteiger partial charge < -0.3 is 10.6 Å². The molecule has 16 heavy (non-hydrogen) atoms. The SMILES string of the molecule is CCC1CCCN1C1(CN)CCCN(C)C1. The molecule has 2 heterocycles. The Hall–Kier alpha value is -0.120. The Labute approximate surface area is 100.0 Å². The molecule has 0 aromatic carbocycles. The molecule has 2 atom stereocenters. The third-order valence-electron chi connectivity index (χ3n) is 4.58. The van der Waals surface area contributed by atoms with Gasteiger partial charge in [0, 0.05) is 24.7 Å². The molecule has 0 aromatic heterocycles. The molecule has 3 heteroatoms. The number of nitrogens with zero attached hydrogens (tertiary/aromatic N) is 2. The zero-order valence-electron chi connectivity index (χ0n) is 10.9. The third kappa shape index (κ3) is 2.13. The molecule has 0 radical (unpaired) electrons. The summed E-state index contributed by atoms with van der Waals surface area (Å²) in [5.41, 5.74) is 6.41. The maximum atomic E-state index is 6.13. The molecule has 0 amide bonds. The van der Waals surface area contributed by atoms with Gasteiger partial charge >= 0.3 is 0 Å². The van der Waals surface area contributed by atoms with E-state index < -0.39 is 0 Å². The maximum absolute atomic E-state index is 6.13. The first-order valence-electron chi connectivity index (χ1n) is 6.87. The van der Waals surface area contributed by atoms with E-state index in [1.165, 1.54) is 51.7 Å². The zero-order valence-corrected chi connectivity index (χ0v) is 10.9. The Bertz CT molecular complexity index is 231. The van der Waals surface area contributed by atoms with Gasteiger partial charge in [-0.3, -0.25) is 4.90 Å². The summed E-state index contributed by atoms with van der Waals surface area (Å²) in [5, 5.41) is 0. The van der Waals surface area contributed by atoms with Gasteiger partial charge in [0.2, 0.25) is 0 Å². The molecule has 2 N–H and O–H groups in total. The molecule has 0 saturated carbocycles. The normalized spacial score (nSPS) is 38.1. The minimum absolute atomic E-state index is 0.282. The minimum Gasteiger partial charge on any atom is -0.329 e. The summed E-state index contributed by atoms with van der Waals surface area (Å²) in [7, 11) is 2.24. The quantitative estimate of drug-likeness (QED) is 0.785. The molecule has 2 rings (SSSR count). The minimum atomic E-state index is 0.282. The van der Waals surface area contributed by atoms with Crippen LogP contribution in [0.3, 0.4) is 0 Å². The fourth-order valence-corrected chi connectivity index (χ4v) is 3.74. The van der Waals surface area contributed by atoms with Crippen LogP contribution in [0.2, 0.25) is 0 Å². The molecule has 94 valence electrons. The molecule has 0 aliphatic carbocycles. The van der Waals surface area contributed by atoms with E-state index in [4.69, 9.17) is 5.73 Å². The second kappa shape index (κ2) is 5.03. The van der Waals surface area contributed by atoms with Crippen LogP contribution in [-0.4, -0.2) is 54.6 Å². The Morgan fingerprint density at radius 2 is 2.12 bits per heavy atom. The first-order valence-corrected chi connectivity index (χ1v) is 6.87. The molecule has 2 saturated heterocycles. The average Bonchev–Trinajstić information content (AvgIpc) is 2.77. The average molecular weight is 225 g/mol. The summed E-state index contributed by atoms with van der Waals surface area (Å²) < 4.78 is 0. The van der Waals surface area contributed by atoms with Crippen molar-refractivity contribution in [1.29, 1.82) is 0 Å². The van der Waals surface area contributed by atoms with Crippen LogP contribution < -0.4 is 5.73 Å². The lowest BCUT2D eigenvalue weighted by atomic mass is 9.86. The van der Waals surface area contributed by atoms with Crippen molar-refractivity contribution in [2.75, 3.05) is 33.2 Å². The first kappa shape index (κ1) is 12.3. The number of likely N-dealkylation sites (N-methyl/N-ethyl adjacent to an activating group) is 1. The Balaban J connectivity index is 2.13. The van der Waals surface area contributed by atoms with Gasteiger partial charge in [-0.05, 0) is 52.2 Å². The number of rotatable bonds is 3. The molecule has 2 unspecified atom stereocenters. The third-order valence-corrected chi connectivity index (χ3v) is 4.58. The van der Waals surface area contributed by atoms with Crippen molar-refractivity contribution in [1.82, 2.24) is 9.80 Å². The van der Waals surface area contributed by atoms with Crippen molar-refractivity contribution in [3.8, 4) is 0 Å². The number of hydrogen-bond donors (Lipinski definition) is 1. The van der Waals surface area contributed by atoms with Crippen LogP contribution >= 0.6 is 0 Å². The monoisotopic (exact) mass is 225 g/mol. The summed E-state index contributed by atoms with van der Waals surface area (Å²) in [4.78, 5) is 5.20. The molecule has 2 fully saturated rings. The number of hydrogen-bond acceptors (Lipinski definition) is 3. The Kier molecular flexibility index (Phi) is 3.88. The Morgan fingerprint density at radius 1 is 1.31 bits per heavy atom. The second-order valence-corrected chi connectivity index (χ2v) is 5.67.